The van der Waals surface area contributed by atoms with Crippen LogP contribution >= 0.6 is 0 Å². The van der Waals surface area contributed by atoms with Crippen LogP contribution in [0.25, 0.3) is 0 Å². The van der Waals surface area contributed by atoms with E-state index in [0.29, 0.717) is 5.91 Å². The molecule has 7 nitrogen and oxygen atoms in total. The normalized spacial score (nSPS) is 21.2. The molecule has 0 bridgehead atoms. The van der Waals surface area contributed by atoms with Gasteiger partial charge in [-0.2, -0.15) is 0 Å². The molecule has 2 amide bonds. The molecule has 1 aliphatic heterocycles. The molecule has 0 spiro atoms. The second-order valence-electron chi connectivity index (χ2n) is 8.85. The van der Waals surface area contributed by atoms with Crippen molar-refractivity contribution in [2.45, 2.75) is 59.4 Å². The zero-order chi connectivity index (χ0) is 23.0. The van der Waals surface area contributed by atoms with E-state index in [9.17, 15) is 9.59 Å². The predicted octanol–water partition coefficient (Wildman–Crippen LogP) is 2.98. The van der Waals surface area contributed by atoms with Crippen molar-refractivity contribution in [3.8, 4) is 0 Å². The summed E-state index contributed by atoms with van der Waals surface area (Å²) in [6, 6.07) is 6.69. The van der Waals surface area contributed by atoms with E-state index in [4.69, 9.17) is 9.90 Å². The summed E-state index contributed by atoms with van der Waals surface area (Å²) in [6.07, 6.45) is 3.60. The Labute approximate surface area is 185 Å². The summed E-state index contributed by atoms with van der Waals surface area (Å²) in [4.78, 5) is 37.7. The number of rotatable bonds is 4. The Hall–Kier alpha value is -2.57. The number of nitrogens with zero attached hydrogens (tertiary/aromatic N) is 2. The van der Waals surface area contributed by atoms with Crippen LogP contribution in [-0.4, -0.2) is 60.5 Å². The maximum absolute atomic E-state index is 13.0. The number of amides is 2. The highest BCUT2D eigenvalue weighted by molar-refractivity contribution is 5.80. The Kier molecular flexibility index (Phi) is 9.34. The molecule has 2 aliphatic rings. The highest BCUT2D eigenvalue weighted by atomic mass is 16.3. The van der Waals surface area contributed by atoms with Crippen LogP contribution in [0, 0.1) is 25.7 Å². The third kappa shape index (κ3) is 6.71. The van der Waals surface area contributed by atoms with Gasteiger partial charge in [0.05, 0.1) is 0 Å². The number of anilines is 1. The number of carboxylic acid groups (broad SMARTS) is 1. The average molecular weight is 432 g/mol. The number of hydrogen-bond acceptors (Lipinski definition) is 4. The van der Waals surface area contributed by atoms with E-state index in [1.54, 1.807) is 0 Å². The van der Waals surface area contributed by atoms with Gasteiger partial charge in [0.15, 0.2) is 0 Å². The zero-order valence-corrected chi connectivity index (χ0v) is 19.3. The molecule has 3 rings (SSSR count). The standard InChI is InChI=1S/C23H35N3O2.CH2O2/c1-16(2)22(27)24-20-10-8-19(9-11-20)23(28)26-14-12-25(13-15-26)21-7-5-6-17(3)18(21)4;2-1-3/h5-7,16,19-20H,8-15H2,1-4H3,(H,24,27);1H,(H,2,3). The lowest BCUT2D eigenvalue weighted by Crippen LogP contribution is -2.51. The molecule has 0 unspecified atom stereocenters. The molecular weight excluding hydrogens is 394 g/mol. The van der Waals surface area contributed by atoms with E-state index in [1.807, 2.05) is 13.8 Å². The van der Waals surface area contributed by atoms with Gasteiger partial charge in [0.1, 0.15) is 0 Å². The number of hydrogen-bond donors (Lipinski definition) is 2. The van der Waals surface area contributed by atoms with Crippen LogP contribution in [0.3, 0.4) is 0 Å². The summed E-state index contributed by atoms with van der Waals surface area (Å²) in [6.45, 7) is 11.3. The van der Waals surface area contributed by atoms with E-state index in [2.05, 4.69) is 47.2 Å². The minimum atomic E-state index is -0.250. The van der Waals surface area contributed by atoms with Gasteiger partial charge in [-0.15, -0.1) is 0 Å². The van der Waals surface area contributed by atoms with Crippen LogP contribution < -0.4 is 10.2 Å². The average Bonchev–Trinajstić information content (AvgIpc) is 2.76. The third-order valence-electron chi connectivity index (χ3n) is 6.46. The van der Waals surface area contributed by atoms with Gasteiger partial charge in [0, 0.05) is 49.7 Å². The van der Waals surface area contributed by atoms with Crippen LogP contribution in [0.5, 0.6) is 0 Å². The number of piperazine rings is 1. The van der Waals surface area contributed by atoms with Gasteiger partial charge in [-0.3, -0.25) is 14.4 Å². The van der Waals surface area contributed by atoms with Crippen molar-refractivity contribution < 1.29 is 19.5 Å². The summed E-state index contributed by atoms with van der Waals surface area (Å²) in [7, 11) is 0. The van der Waals surface area contributed by atoms with Crippen molar-refractivity contribution in [1.82, 2.24) is 10.2 Å². The molecule has 2 N–H and O–H groups in total. The maximum atomic E-state index is 13.0. The fraction of sp³-hybridized carbons (Fsp3) is 0.625. The third-order valence-corrected chi connectivity index (χ3v) is 6.46. The molecule has 1 saturated heterocycles. The van der Waals surface area contributed by atoms with Crippen molar-refractivity contribution >= 4 is 24.0 Å². The first kappa shape index (κ1) is 24.7. The fourth-order valence-electron chi connectivity index (χ4n) is 4.36. The molecule has 172 valence electrons. The first-order valence-corrected chi connectivity index (χ1v) is 11.3. The highest BCUT2D eigenvalue weighted by Crippen LogP contribution is 2.28. The number of nitrogens with one attached hydrogen (secondary N) is 1. The van der Waals surface area contributed by atoms with Crippen LogP contribution in [0.1, 0.15) is 50.7 Å². The molecule has 7 heteroatoms. The Morgan fingerprint density at radius 3 is 2.19 bits per heavy atom. The second kappa shape index (κ2) is 11.7. The van der Waals surface area contributed by atoms with Crippen LogP contribution in [0.2, 0.25) is 0 Å². The smallest absolute Gasteiger partial charge is 0.290 e. The van der Waals surface area contributed by atoms with Crippen LogP contribution in [0.15, 0.2) is 18.2 Å². The second-order valence-corrected chi connectivity index (χ2v) is 8.85. The van der Waals surface area contributed by atoms with Gasteiger partial charge in [-0.25, -0.2) is 0 Å². The van der Waals surface area contributed by atoms with E-state index in [0.717, 1.165) is 51.9 Å². The molecule has 1 heterocycles. The molecule has 0 atom stereocenters. The zero-order valence-electron chi connectivity index (χ0n) is 19.3. The number of carbonyl (C=O) groups is 3. The SMILES string of the molecule is Cc1cccc(N2CCN(C(=O)C3CCC(NC(=O)C(C)C)CC3)CC2)c1C.O=CO. The predicted molar refractivity (Wildman–Crippen MR) is 122 cm³/mol. The molecule has 1 aliphatic carbocycles. The lowest BCUT2D eigenvalue weighted by Gasteiger charge is -2.39. The Balaban J connectivity index is 0.00000107. The summed E-state index contributed by atoms with van der Waals surface area (Å²) >= 11 is 0. The van der Waals surface area contributed by atoms with Gasteiger partial charge >= 0.3 is 0 Å². The summed E-state index contributed by atoms with van der Waals surface area (Å²) in [5.41, 5.74) is 3.95. The first-order valence-electron chi connectivity index (χ1n) is 11.3. The van der Waals surface area contributed by atoms with Gasteiger partial charge in [0.25, 0.3) is 6.47 Å². The van der Waals surface area contributed by atoms with Crippen LogP contribution in [-0.2, 0) is 14.4 Å². The minimum absolute atomic E-state index is 0.0210. The van der Waals surface area contributed by atoms with Crippen molar-refractivity contribution in [2.75, 3.05) is 31.1 Å². The van der Waals surface area contributed by atoms with Gasteiger partial charge < -0.3 is 20.2 Å². The van der Waals surface area contributed by atoms with E-state index >= 15 is 0 Å². The van der Waals surface area contributed by atoms with E-state index in [-0.39, 0.29) is 30.3 Å². The monoisotopic (exact) mass is 431 g/mol. The lowest BCUT2D eigenvalue weighted by atomic mass is 9.85. The summed E-state index contributed by atoms with van der Waals surface area (Å²) in [5, 5.41) is 10.0. The van der Waals surface area contributed by atoms with Gasteiger partial charge in [-0.05, 0) is 56.7 Å². The molecule has 0 radical (unpaired) electrons. The van der Waals surface area contributed by atoms with E-state index < -0.39 is 0 Å². The summed E-state index contributed by atoms with van der Waals surface area (Å²) in [5.74, 6) is 0.582. The van der Waals surface area contributed by atoms with Crippen molar-refractivity contribution in [3.05, 3.63) is 29.3 Å². The molecule has 0 aromatic heterocycles. The minimum Gasteiger partial charge on any atom is -0.483 e. The maximum Gasteiger partial charge on any atom is 0.290 e. The molecule has 31 heavy (non-hydrogen) atoms. The molecule has 2 fully saturated rings. The number of aryl methyl sites for hydroxylation is 1. The first-order chi connectivity index (χ1) is 14.8. The van der Waals surface area contributed by atoms with Gasteiger partial charge in [-0.1, -0.05) is 26.0 Å². The summed E-state index contributed by atoms with van der Waals surface area (Å²) < 4.78 is 0. The number of carbonyl (C=O) groups excluding carboxylic acids is 2. The van der Waals surface area contributed by atoms with Crippen molar-refractivity contribution in [3.63, 3.8) is 0 Å². The topological polar surface area (TPSA) is 90.0 Å². The Morgan fingerprint density at radius 1 is 1.06 bits per heavy atom. The largest absolute Gasteiger partial charge is 0.483 e. The van der Waals surface area contributed by atoms with Crippen molar-refractivity contribution in [2.24, 2.45) is 11.8 Å². The molecule has 1 aromatic carbocycles. The molecule has 1 saturated carbocycles. The molecular formula is C24H37N3O4. The van der Waals surface area contributed by atoms with Crippen molar-refractivity contribution in [1.29, 1.82) is 0 Å². The quantitative estimate of drug-likeness (QED) is 0.716. The number of benzene rings is 1. The lowest BCUT2D eigenvalue weighted by molar-refractivity contribution is -0.137. The van der Waals surface area contributed by atoms with E-state index in [1.165, 1.54) is 16.8 Å². The molecule has 1 aromatic rings. The fourth-order valence-corrected chi connectivity index (χ4v) is 4.36. The van der Waals surface area contributed by atoms with Crippen LogP contribution in [0.4, 0.5) is 5.69 Å². The Morgan fingerprint density at radius 2 is 1.65 bits per heavy atom. The highest BCUT2D eigenvalue weighted by Gasteiger charge is 2.32. The van der Waals surface area contributed by atoms with Gasteiger partial charge in [0.2, 0.25) is 11.8 Å². The Bertz CT molecular complexity index is 749.